The van der Waals surface area contributed by atoms with Crippen LogP contribution in [0.1, 0.15) is 25.7 Å². The van der Waals surface area contributed by atoms with Gasteiger partial charge in [0.1, 0.15) is 0 Å². The molecule has 74 valence electrons. The first-order valence-corrected chi connectivity index (χ1v) is 7.07. The molecule has 0 unspecified atom stereocenters. The first kappa shape index (κ1) is 9.06. The van der Waals surface area contributed by atoms with Crippen molar-refractivity contribution in [3.63, 3.8) is 0 Å². The van der Waals surface area contributed by atoms with E-state index in [1.807, 2.05) is 0 Å². The van der Waals surface area contributed by atoms with Crippen LogP contribution in [-0.2, 0) is 9.59 Å². The molecule has 0 atom stereocenters. The zero-order valence-electron chi connectivity index (χ0n) is 7.91. The van der Waals surface area contributed by atoms with Gasteiger partial charge in [0.25, 0.3) is 0 Å². The molecule has 4 heteroatoms. The van der Waals surface area contributed by atoms with E-state index < -0.39 is 10.2 Å². The molecule has 0 radical (unpaired) electrons. The standard InChI is InChI=1S/C9H15NO2S/c1-13(6-2-3-7-13)10-8(11)4-5-9(10)12/h2-7H2,1H3. The van der Waals surface area contributed by atoms with Crippen molar-refractivity contribution in [1.82, 2.24) is 4.31 Å². The van der Waals surface area contributed by atoms with Crippen LogP contribution in [-0.4, -0.2) is 33.9 Å². The Kier molecular flexibility index (Phi) is 2.10. The Morgan fingerprint density at radius 2 is 1.54 bits per heavy atom. The lowest BCUT2D eigenvalue weighted by molar-refractivity contribution is -0.132. The summed E-state index contributed by atoms with van der Waals surface area (Å²) < 4.78 is 1.61. The van der Waals surface area contributed by atoms with E-state index in [1.165, 1.54) is 12.8 Å². The van der Waals surface area contributed by atoms with Gasteiger partial charge in [-0.2, -0.15) is 10.2 Å². The van der Waals surface area contributed by atoms with Crippen LogP contribution in [0.5, 0.6) is 0 Å². The summed E-state index contributed by atoms with van der Waals surface area (Å²) in [5.41, 5.74) is 0. The smallest absolute Gasteiger partial charge is 0.238 e. The van der Waals surface area contributed by atoms with Crippen LogP contribution >= 0.6 is 10.2 Å². The van der Waals surface area contributed by atoms with Gasteiger partial charge in [-0.15, -0.1) is 0 Å². The quantitative estimate of drug-likeness (QED) is 0.599. The summed E-state index contributed by atoms with van der Waals surface area (Å²) in [7, 11) is -1.05. The molecular formula is C9H15NO2S. The largest absolute Gasteiger partial charge is 0.274 e. The van der Waals surface area contributed by atoms with Crippen LogP contribution in [0, 0.1) is 0 Å². The molecule has 0 bridgehead atoms. The summed E-state index contributed by atoms with van der Waals surface area (Å²) in [6.45, 7) is 0. The van der Waals surface area contributed by atoms with Gasteiger partial charge in [0.05, 0.1) is 0 Å². The highest BCUT2D eigenvalue weighted by atomic mass is 32.3. The molecule has 0 aromatic heterocycles. The van der Waals surface area contributed by atoms with Crippen LogP contribution in [0.15, 0.2) is 0 Å². The second-order valence-electron chi connectivity index (χ2n) is 3.92. The van der Waals surface area contributed by atoms with Gasteiger partial charge in [-0.1, -0.05) is 0 Å². The number of nitrogens with zero attached hydrogens (tertiary/aromatic N) is 1. The molecule has 2 heterocycles. The Morgan fingerprint density at radius 3 is 2.00 bits per heavy atom. The molecule has 2 rings (SSSR count). The van der Waals surface area contributed by atoms with Gasteiger partial charge in [-0.25, -0.2) is 4.31 Å². The van der Waals surface area contributed by atoms with Gasteiger partial charge in [0, 0.05) is 12.8 Å². The van der Waals surface area contributed by atoms with Crippen LogP contribution in [0.4, 0.5) is 0 Å². The Hall–Kier alpha value is -0.510. The minimum Gasteiger partial charge on any atom is -0.274 e. The maximum absolute atomic E-state index is 11.5. The van der Waals surface area contributed by atoms with Crippen molar-refractivity contribution in [2.24, 2.45) is 0 Å². The lowest BCUT2D eigenvalue weighted by atomic mass is 10.4. The van der Waals surface area contributed by atoms with Gasteiger partial charge >= 0.3 is 0 Å². The summed E-state index contributed by atoms with van der Waals surface area (Å²) in [6.07, 6.45) is 5.38. The third-order valence-corrected chi connectivity index (χ3v) is 6.49. The summed E-state index contributed by atoms with van der Waals surface area (Å²) in [5, 5.41) is 0. The molecular weight excluding hydrogens is 186 g/mol. The first-order chi connectivity index (χ1) is 6.13. The summed E-state index contributed by atoms with van der Waals surface area (Å²) in [4.78, 5) is 23.0. The van der Waals surface area contributed by atoms with Crippen LogP contribution in [0.2, 0.25) is 0 Å². The van der Waals surface area contributed by atoms with Gasteiger partial charge in [0.15, 0.2) is 0 Å². The van der Waals surface area contributed by atoms with E-state index in [2.05, 4.69) is 6.26 Å². The zero-order valence-corrected chi connectivity index (χ0v) is 8.73. The average Bonchev–Trinajstić information content (AvgIpc) is 2.60. The normalized spacial score (nSPS) is 29.8. The molecule has 0 spiro atoms. The van der Waals surface area contributed by atoms with Crippen LogP contribution in [0.25, 0.3) is 0 Å². The molecule has 0 saturated carbocycles. The average molecular weight is 201 g/mol. The van der Waals surface area contributed by atoms with E-state index in [0.29, 0.717) is 12.8 Å². The van der Waals surface area contributed by atoms with E-state index in [-0.39, 0.29) is 11.8 Å². The summed E-state index contributed by atoms with van der Waals surface area (Å²) >= 11 is 0. The molecule has 0 aromatic carbocycles. The highest BCUT2D eigenvalue weighted by Gasteiger charge is 2.41. The molecule has 2 fully saturated rings. The van der Waals surface area contributed by atoms with E-state index in [9.17, 15) is 9.59 Å². The first-order valence-electron chi connectivity index (χ1n) is 4.73. The number of rotatable bonds is 1. The van der Waals surface area contributed by atoms with Gasteiger partial charge in [-0.05, 0) is 30.6 Å². The monoisotopic (exact) mass is 201 g/mol. The van der Waals surface area contributed by atoms with Crippen molar-refractivity contribution in [3.8, 4) is 0 Å². The molecule has 2 aliphatic rings. The van der Waals surface area contributed by atoms with Crippen LogP contribution < -0.4 is 0 Å². The lowest BCUT2D eigenvalue weighted by Gasteiger charge is -2.38. The molecule has 13 heavy (non-hydrogen) atoms. The summed E-state index contributed by atoms with van der Waals surface area (Å²) in [5.74, 6) is 2.29. The molecule has 2 amide bonds. The number of amides is 2. The fourth-order valence-corrected chi connectivity index (χ4v) is 5.55. The molecule has 3 nitrogen and oxygen atoms in total. The second kappa shape index (κ2) is 3.01. The third kappa shape index (κ3) is 1.37. The number of carbonyl (C=O) groups is 2. The fourth-order valence-electron chi connectivity index (χ4n) is 2.16. The predicted molar refractivity (Wildman–Crippen MR) is 53.6 cm³/mol. The van der Waals surface area contributed by atoms with Crippen molar-refractivity contribution in [1.29, 1.82) is 0 Å². The van der Waals surface area contributed by atoms with Crippen molar-refractivity contribution in [3.05, 3.63) is 0 Å². The van der Waals surface area contributed by atoms with E-state index in [1.54, 1.807) is 4.31 Å². The molecule has 2 aliphatic heterocycles. The Bertz CT molecular complexity index is 242. The van der Waals surface area contributed by atoms with Gasteiger partial charge in [0.2, 0.25) is 11.8 Å². The van der Waals surface area contributed by atoms with E-state index in [0.717, 1.165) is 11.5 Å². The van der Waals surface area contributed by atoms with Crippen molar-refractivity contribution in [2.75, 3.05) is 17.8 Å². The number of imide groups is 1. The third-order valence-electron chi connectivity index (χ3n) is 2.86. The maximum Gasteiger partial charge on any atom is 0.238 e. The fraction of sp³-hybridized carbons (Fsp3) is 0.778. The van der Waals surface area contributed by atoms with E-state index in [4.69, 9.17) is 0 Å². The minimum absolute atomic E-state index is 0.0735. The van der Waals surface area contributed by atoms with Crippen molar-refractivity contribution in [2.45, 2.75) is 25.7 Å². The SMILES string of the molecule is CS1(N2C(=O)CCC2=O)CCCC1. The lowest BCUT2D eigenvalue weighted by Crippen LogP contribution is -2.33. The molecule has 2 saturated heterocycles. The molecule has 0 N–H and O–H groups in total. The Morgan fingerprint density at radius 1 is 1.08 bits per heavy atom. The Balaban J connectivity index is 2.22. The summed E-state index contributed by atoms with van der Waals surface area (Å²) in [6, 6.07) is 0. The molecule has 0 aromatic rings. The Labute approximate surface area is 79.9 Å². The highest BCUT2D eigenvalue weighted by molar-refractivity contribution is 8.32. The molecule has 0 aliphatic carbocycles. The number of hydrogen-bond acceptors (Lipinski definition) is 2. The van der Waals surface area contributed by atoms with Gasteiger partial charge in [-0.3, -0.25) is 9.59 Å². The topological polar surface area (TPSA) is 37.4 Å². The number of carbonyl (C=O) groups excluding carboxylic acids is 2. The number of hydrogen-bond donors (Lipinski definition) is 0. The minimum atomic E-state index is -1.05. The van der Waals surface area contributed by atoms with Gasteiger partial charge < -0.3 is 0 Å². The zero-order chi connectivity index (χ0) is 9.47. The van der Waals surface area contributed by atoms with E-state index >= 15 is 0 Å². The highest BCUT2D eigenvalue weighted by Crippen LogP contribution is 2.55. The van der Waals surface area contributed by atoms with Crippen molar-refractivity contribution >= 4 is 22.0 Å². The van der Waals surface area contributed by atoms with Crippen LogP contribution in [0.3, 0.4) is 0 Å². The van der Waals surface area contributed by atoms with Crippen molar-refractivity contribution < 1.29 is 9.59 Å². The second-order valence-corrected chi connectivity index (χ2v) is 7.55. The predicted octanol–water partition coefficient (Wildman–Crippen LogP) is 1.28. The maximum atomic E-state index is 11.5.